The van der Waals surface area contributed by atoms with E-state index in [4.69, 9.17) is 23.2 Å². The predicted molar refractivity (Wildman–Crippen MR) is 113 cm³/mol. The molecule has 10 heteroatoms. The Balaban J connectivity index is 1.59. The molecule has 0 unspecified atom stereocenters. The van der Waals surface area contributed by atoms with E-state index in [1.807, 2.05) is 4.90 Å². The summed E-state index contributed by atoms with van der Waals surface area (Å²) in [6.45, 7) is 1.79. The van der Waals surface area contributed by atoms with Crippen molar-refractivity contribution in [1.82, 2.24) is 9.80 Å². The molecule has 1 aliphatic rings. The van der Waals surface area contributed by atoms with E-state index >= 15 is 0 Å². The Kier molecular flexibility index (Phi) is 7.46. The Morgan fingerprint density at radius 1 is 0.968 bits per heavy atom. The van der Waals surface area contributed by atoms with Gasteiger partial charge >= 0.3 is 6.18 Å². The van der Waals surface area contributed by atoms with E-state index in [1.54, 1.807) is 29.2 Å². The topological polar surface area (TPSA) is 52.7 Å². The van der Waals surface area contributed by atoms with Crippen molar-refractivity contribution in [3.8, 4) is 0 Å². The van der Waals surface area contributed by atoms with Crippen LogP contribution in [0.25, 0.3) is 0 Å². The summed E-state index contributed by atoms with van der Waals surface area (Å²) >= 11 is 11.6. The number of alkyl halides is 3. The second-order valence-electron chi connectivity index (χ2n) is 7.17. The van der Waals surface area contributed by atoms with Gasteiger partial charge in [-0.1, -0.05) is 29.3 Å². The molecule has 0 spiro atoms. The maximum atomic E-state index is 13.2. The number of rotatable bonds is 4. The van der Waals surface area contributed by atoms with Gasteiger partial charge in [-0.05, 0) is 42.8 Å². The molecule has 0 saturated carbocycles. The number of amides is 2. The second-order valence-corrected chi connectivity index (χ2v) is 8.04. The molecular weight excluding hydrogens is 454 g/mol. The van der Waals surface area contributed by atoms with Gasteiger partial charge in [-0.15, -0.1) is 0 Å². The summed E-state index contributed by atoms with van der Waals surface area (Å²) in [5.41, 5.74) is -0.849. The number of nitrogens with one attached hydrogen (secondary N) is 1. The first kappa shape index (κ1) is 23.4. The van der Waals surface area contributed by atoms with Gasteiger partial charge in [0, 0.05) is 41.8 Å². The standard InChI is InChI=1S/C21H20Cl2F3N3O2/c22-15-4-1-3-14(11-15)20(31)29-8-2-7-28(9-10-29)13-19(30)27-18-6-5-16(23)12-17(18)21(24,25)26/h1,3-6,11-12H,2,7-10,13H2,(H,27,30). The van der Waals surface area contributed by atoms with Crippen LogP contribution in [0.15, 0.2) is 42.5 Å². The monoisotopic (exact) mass is 473 g/mol. The van der Waals surface area contributed by atoms with E-state index in [-0.39, 0.29) is 23.2 Å². The average molecular weight is 474 g/mol. The third kappa shape index (κ3) is 6.35. The summed E-state index contributed by atoms with van der Waals surface area (Å²) in [5, 5.41) is 2.73. The molecule has 0 aromatic heterocycles. The smallest absolute Gasteiger partial charge is 0.337 e. The summed E-state index contributed by atoms with van der Waals surface area (Å²) in [6.07, 6.45) is -4.01. The van der Waals surface area contributed by atoms with Crippen LogP contribution in [0.5, 0.6) is 0 Å². The van der Waals surface area contributed by atoms with Crippen LogP contribution in [0.2, 0.25) is 10.0 Å². The lowest BCUT2D eigenvalue weighted by molar-refractivity contribution is -0.137. The highest BCUT2D eigenvalue weighted by atomic mass is 35.5. The number of hydrogen-bond acceptors (Lipinski definition) is 3. The molecule has 31 heavy (non-hydrogen) atoms. The van der Waals surface area contributed by atoms with Crippen molar-refractivity contribution in [2.24, 2.45) is 0 Å². The number of carbonyl (C=O) groups excluding carboxylic acids is 2. The lowest BCUT2D eigenvalue weighted by atomic mass is 10.1. The zero-order valence-electron chi connectivity index (χ0n) is 16.4. The van der Waals surface area contributed by atoms with Crippen LogP contribution in [-0.4, -0.2) is 54.3 Å². The normalized spacial score (nSPS) is 15.5. The van der Waals surface area contributed by atoms with Crippen LogP contribution in [0.4, 0.5) is 18.9 Å². The summed E-state index contributed by atoms with van der Waals surface area (Å²) in [4.78, 5) is 28.6. The SMILES string of the molecule is O=C(CN1CCCN(C(=O)c2cccc(Cl)c2)CC1)Nc1ccc(Cl)cc1C(F)(F)F. The van der Waals surface area contributed by atoms with Crippen molar-refractivity contribution in [3.63, 3.8) is 0 Å². The number of halogens is 5. The molecule has 1 heterocycles. The van der Waals surface area contributed by atoms with Crippen molar-refractivity contribution in [2.45, 2.75) is 12.6 Å². The fourth-order valence-corrected chi connectivity index (χ4v) is 3.75. The van der Waals surface area contributed by atoms with E-state index in [2.05, 4.69) is 5.32 Å². The molecular formula is C21H20Cl2F3N3O2. The van der Waals surface area contributed by atoms with Gasteiger partial charge in [0.1, 0.15) is 0 Å². The molecule has 1 saturated heterocycles. The average Bonchev–Trinajstić information content (AvgIpc) is 2.93. The highest BCUT2D eigenvalue weighted by Crippen LogP contribution is 2.36. The van der Waals surface area contributed by atoms with Gasteiger partial charge in [0.15, 0.2) is 0 Å². The fraction of sp³-hybridized carbons (Fsp3) is 0.333. The molecule has 1 fully saturated rings. The predicted octanol–water partition coefficient (Wildman–Crippen LogP) is 4.80. The first-order valence-corrected chi connectivity index (χ1v) is 10.3. The molecule has 1 N–H and O–H groups in total. The van der Waals surface area contributed by atoms with Crippen molar-refractivity contribution in [2.75, 3.05) is 38.0 Å². The van der Waals surface area contributed by atoms with Crippen LogP contribution in [-0.2, 0) is 11.0 Å². The lowest BCUT2D eigenvalue weighted by Gasteiger charge is -2.22. The molecule has 1 aliphatic heterocycles. The van der Waals surface area contributed by atoms with Gasteiger partial charge in [0.05, 0.1) is 17.8 Å². The van der Waals surface area contributed by atoms with Crippen LogP contribution >= 0.6 is 23.2 Å². The largest absolute Gasteiger partial charge is 0.418 e. The highest BCUT2D eigenvalue weighted by Gasteiger charge is 2.34. The Bertz CT molecular complexity index is 969. The quantitative estimate of drug-likeness (QED) is 0.693. The van der Waals surface area contributed by atoms with Crippen LogP contribution < -0.4 is 5.32 Å². The van der Waals surface area contributed by atoms with Gasteiger partial charge < -0.3 is 10.2 Å². The maximum Gasteiger partial charge on any atom is 0.418 e. The number of nitrogens with zero attached hydrogens (tertiary/aromatic N) is 2. The number of benzene rings is 2. The first-order chi connectivity index (χ1) is 14.6. The third-order valence-corrected chi connectivity index (χ3v) is 5.35. The number of hydrogen-bond donors (Lipinski definition) is 1. The van der Waals surface area contributed by atoms with Crippen molar-refractivity contribution in [1.29, 1.82) is 0 Å². The third-order valence-electron chi connectivity index (χ3n) is 4.88. The minimum absolute atomic E-state index is 0.0673. The van der Waals surface area contributed by atoms with Crippen molar-refractivity contribution in [3.05, 3.63) is 63.6 Å². The zero-order chi connectivity index (χ0) is 22.6. The van der Waals surface area contributed by atoms with E-state index in [1.165, 1.54) is 6.07 Å². The van der Waals surface area contributed by atoms with Gasteiger partial charge in [0.2, 0.25) is 5.91 Å². The van der Waals surface area contributed by atoms with Gasteiger partial charge in [-0.25, -0.2) is 0 Å². The Labute approximate surface area is 187 Å². The first-order valence-electron chi connectivity index (χ1n) is 9.57. The van der Waals surface area contributed by atoms with Crippen LogP contribution in [0, 0.1) is 0 Å². The Morgan fingerprint density at radius 3 is 2.42 bits per heavy atom. The summed E-state index contributed by atoms with van der Waals surface area (Å²) < 4.78 is 39.6. The molecule has 166 valence electrons. The van der Waals surface area contributed by atoms with Gasteiger partial charge in [-0.2, -0.15) is 13.2 Å². The molecule has 3 rings (SSSR count). The molecule has 0 bridgehead atoms. The fourth-order valence-electron chi connectivity index (χ4n) is 3.39. The van der Waals surface area contributed by atoms with Gasteiger partial charge in [0.25, 0.3) is 5.91 Å². The van der Waals surface area contributed by atoms with Crippen LogP contribution in [0.1, 0.15) is 22.3 Å². The zero-order valence-corrected chi connectivity index (χ0v) is 17.9. The maximum absolute atomic E-state index is 13.2. The van der Waals surface area contributed by atoms with E-state index in [0.717, 1.165) is 12.1 Å². The van der Waals surface area contributed by atoms with Crippen molar-refractivity contribution < 1.29 is 22.8 Å². The lowest BCUT2D eigenvalue weighted by Crippen LogP contribution is -2.38. The summed E-state index contributed by atoms with van der Waals surface area (Å²) in [6, 6.07) is 9.89. The van der Waals surface area contributed by atoms with E-state index in [0.29, 0.717) is 43.2 Å². The Hall–Kier alpha value is -2.29. The molecule has 0 radical (unpaired) electrons. The Morgan fingerprint density at radius 2 is 1.71 bits per heavy atom. The minimum Gasteiger partial charge on any atom is -0.337 e. The molecule has 2 aromatic carbocycles. The number of anilines is 1. The second kappa shape index (κ2) is 9.89. The number of carbonyl (C=O) groups is 2. The van der Waals surface area contributed by atoms with Crippen LogP contribution in [0.3, 0.4) is 0 Å². The highest BCUT2D eigenvalue weighted by molar-refractivity contribution is 6.31. The summed E-state index contributed by atoms with van der Waals surface area (Å²) in [7, 11) is 0. The molecule has 2 amide bonds. The summed E-state index contributed by atoms with van der Waals surface area (Å²) in [5.74, 6) is -0.716. The molecule has 0 atom stereocenters. The molecule has 0 aliphatic carbocycles. The van der Waals surface area contributed by atoms with E-state index in [9.17, 15) is 22.8 Å². The van der Waals surface area contributed by atoms with Gasteiger partial charge in [-0.3, -0.25) is 14.5 Å². The molecule has 2 aromatic rings. The molecule has 5 nitrogen and oxygen atoms in total. The minimum atomic E-state index is -4.64. The van der Waals surface area contributed by atoms with E-state index < -0.39 is 17.6 Å². The van der Waals surface area contributed by atoms with Crippen molar-refractivity contribution >= 4 is 40.7 Å².